The Morgan fingerprint density at radius 2 is 1.52 bits per heavy atom. The van der Waals surface area contributed by atoms with Gasteiger partial charge in [-0.25, -0.2) is 0 Å². The number of aldehydes is 1. The molecule has 0 aliphatic carbocycles. The van der Waals surface area contributed by atoms with Crippen LogP contribution in [0.25, 0.3) is 5.73 Å². The molecular weight excluding hydrogens is 363 g/mol. The molecule has 0 aliphatic heterocycles. The summed E-state index contributed by atoms with van der Waals surface area (Å²) in [4.78, 5) is 10.2. The van der Waals surface area contributed by atoms with Crippen LogP contribution in [-0.4, -0.2) is 13.3 Å². The fraction of sp³-hybridized carbons (Fsp3) is 0.136. The van der Waals surface area contributed by atoms with E-state index < -0.39 is 0 Å². The van der Waals surface area contributed by atoms with E-state index in [0.717, 1.165) is 23.3 Å². The Bertz CT molecular complexity index is 776. The number of hydrogen-bond donors (Lipinski definition) is 1. The third-order valence-corrected chi connectivity index (χ3v) is 3.71. The van der Waals surface area contributed by atoms with Crippen molar-refractivity contribution in [2.75, 3.05) is 12.4 Å². The molecule has 0 radical (unpaired) electrons. The maximum Gasteiger partial charge on any atom is 1.00 e. The van der Waals surface area contributed by atoms with Gasteiger partial charge in [0, 0.05) is 18.3 Å². The predicted octanol–water partition coefficient (Wildman–Crippen LogP) is 2.36. The van der Waals surface area contributed by atoms with Crippen molar-refractivity contribution in [1.82, 2.24) is 0 Å². The van der Waals surface area contributed by atoms with Gasteiger partial charge in [-0.2, -0.15) is 0 Å². The second-order valence-corrected chi connectivity index (χ2v) is 5.58. The van der Waals surface area contributed by atoms with Gasteiger partial charge in [-0.15, -0.1) is 6.54 Å². The van der Waals surface area contributed by atoms with Gasteiger partial charge in [0.1, 0.15) is 18.6 Å². The average Bonchev–Trinajstić information content (AvgIpc) is 2.74. The van der Waals surface area contributed by atoms with Crippen molar-refractivity contribution in [3.05, 3.63) is 101 Å². The zero-order chi connectivity index (χ0) is 18.6. The summed E-state index contributed by atoms with van der Waals surface area (Å²) in [6, 6.07) is 25.1. The summed E-state index contributed by atoms with van der Waals surface area (Å²) in [5.74, 6) is 0.892. The molecule has 134 valence electrons. The molecular formula is C22H23KN2O2. The van der Waals surface area contributed by atoms with Gasteiger partial charge in [0.2, 0.25) is 0 Å². The smallest absolute Gasteiger partial charge is 0.674 e. The zero-order valence-corrected chi connectivity index (χ0v) is 18.9. The van der Waals surface area contributed by atoms with Crippen LogP contribution < -0.4 is 61.4 Å². The standard InChI is InChI=1S/C14H15NO.C8H8NO.K/c1-15-13-7-9-14(10-8-13)16-11-12-5-3-2-4-6-12;9-5-7-1-3-8(6-10)4-2-7;/h2-10,15H,11H2,1H3;1-4,6,9H,5H2;/q;-1;+1. The Morgan fingerprint density at radius 1 is 0.889 bits per heavy atom. The second-order valence-electron chi connectivity index (χ2n) is 5.58. The molecule has 0 atom stereocenters. The Hall–Kier alpha value is -1.47. The van der Waals surface area contributed by atoms with Crippen LogP contribution in [0.15, 0.2) is 78.9 Å². The van der Waals surface area contributed by atoms with Crippen LogP contribution in [0.2, 0.25) is 0 Å². The average molecular weight is 387 g/mol. The van der Waals surface area contributed by atoms with Gasteiger partial charge in [-0.1, -0.05) is 60.2 Å². The van der Waals surface area contributed by atoms with E-state index in [1.165, 1.54) is 5.56 Å². The predicted molar refractivity (Wildman–Crippen MR) is 107 cm³/mol. The van der Waals surface area contributed by atoms with E-state index in [-0.39, 0.29) is 57.9 Å². The Kier molecular flexibility index (Phi) is 11.9. The maximum atomic E-state index is 10.2. The van der Waals surface area contributed by atoms with E-state index in [9.17, 15) is 4.79 Å². The number of carbonyl (C=O) groups is 1. The molecule has 0 bridgehead atoms. The van der Waals surface area contributed by atoms with E-state index in [2.05, 4.69) is 17.4 Å². The van der Waals surface area contributed by atoms with Gasteiger partial charge in [0.15, 0.2) is 0 Å². The van der Waals surface area contributed by atoms with Crippen LogP contribution in [-0.2, 0) is 13.2 Å². The molecule has 0 aromatic heterocycles. The Balaban J connectivity index is 0.000000288. The number of anilines is 1. The van der Waals surface area contributed by atoms with Crippen LogP contribution in [0.1, 0.15) is 21.5 Å². The number of rotatable bonds is 6. The molecule has 0 saturated carbocycles. The van der Waals surface area contributed by atoms with E-state index >= 15 is 0 Å². The molecule has 0 heterocycles. The molecule has 4 nitrogen and oxygen atoms in total. The van der Waals surface area contributed by atoms with Crippen molar-refractivity contribution < 1.29 is 60.9 Å². The van der Waals surface area contributed by atoms with Crippen molar-refractivity contribution >= 4 is 12.0 Å². The quantitative estimate of drug-likeness (QED) is 0.523. The topological polar surface area (TPSA) is 62.1 Å². The number of carbonyl (C=O) groups excluding carboxylic acids is 1. The summed E-state index contributed by atoms with van der Waals surface area (Å²) in [7, 11) is 1.90. The number of benzene rings is 3. The van der Waals surface area contributed by atoms with Crippen molar-refractivity contribution in [2.24, 2.45) is 0 Å². The first-order valence-corrected chi connectivity index (χ1v) is 8.38. The zero-order valence-electron chi connectivity index (χ0n) is 15.8. The van der Waals surface area contributed by atoms with Crippen LogP contribution in [0, 0.1) is 0 Å². The summed E-state index contributed by atoms with van der Waals surface area (Å²) < 4.78 is 5.66. The summed E-state index contributed by atoms with van der Waals surface area (Å²) in [5.41, 5.74) is 10.9. The van der Waals surface area contributed by atoms with Gasteiger partial charge in [-0.05, 0) is 29.8 Å². The Morgan fingerprint density at radius 3 is 2.04 bits per heavy atom. The van der Waals surface area contributed by atoms with Gasteiger partial charge in [0.25, 0.3) is 0 Å². The molecule has 0 aliphatic rings. The second kappa shape index (κ2) is 13.7. The molecule has 0 amide bonds. The van der Waals surface area contributed by atoms with E-state index in [1.54, 1.807) is 24.3 Å². The largest absolute Gasteiger partial charge is 1.00 e. The van der Waals surface area contributed by atoms with E-state index in [0.29, 0.717) is 12.2 Å². The van der Waals surface area contributed by atoms with Crippen molar-refractivity contribution in [2.45, 2.75) is 13.2 Å². The third-order valence-electron chi connectivity index (χ3n) is 3.71. The molecule has 3 rings (SSSR count). The van der Waals surface area contributed by atoms with Crippen LogP contribution in [0.5, 0.6) is 5.75 Å². The van der Waals surface area contributed by atoms with Crippen molar-refractivity contribution in [1.29, 1.82) is 0 Å². The summed E-state index contributed by atoms with van der Waals surface area (Å²) >= 11 is 0. The minimum Gasteiger partial charge on any atom is -0.674 e. The molecule has 3 aromatic rings. The molecule has 2 N–H and O–H groups in total. The molecule has 3 aromatic carbocycles. The summed E-state index contributed by atoms with van der Waals surface area (Å²) in [6.45, 7) is 0.888. The molecule has 0 spiro atoms. The van der Waals surface area contributed by atoms with Crippen molar-refractivity contribution in [3.8, 4) is 5.75 Å². The monoisotopic (exact) mass is 386 g/mol. The normalized spacial score (nSPS) is 9.26. The number of nitrogens with one attached hydrogen (secondary N) is 2. The Labute approximate surface area is 203 Å². The van der Waals surface area contributed by atoms with Gasteiger partial charge >= 0.3 is 51.4 Å². The van der Waals surface area contributed by atoms with E-state index in [1.807, 2.05) is 49.5 Å². The molecule has 0 saturated heterocycles. The summed E-state index contributed by atoms with van der Waals surface area (Å²) in [6.07, 6.45) is 0.799. The minimum absolute atomic E-state index is 0. The molecule has 0 fully saturated rings. The van der Waals surface area contributed by atoms with Crippen molar-refractivity contribution in [3.63, 3.8) is 0 Å². The first-order valence-electron chi connectivity index (χ1n) is 8.38. The fourth-order valence-corrected chi connectivity index (χ4v) is 2.17. The molecule has 0 unspecified atom stereocenters. The van der Waals surface area contributed by atoms with Crippen LogP contribution in [0.3, 0.4) is 0 Å². The number of ether oxygens (including phenoxy) is 1. The van der Waals surface area contributed by atoms with Gasteiger partial charge in [-0.3, -0.25) is 4.79 Å². The van der Waals surface area contributed by atoms with Crippen LogP contribution in [0.4, 0.5) is 5.69 Å². The molecule has 5 heteroatoms. The van der Waals surface area contributed by atoms with Gasteiger partial charge < -0.3 is 15.8 Å². The minimum atomic E-state index is 0. The number of hydrogen-bond acceptors (Lipinski definition) is 3. The summed E-state index contributed by atoms with van der Waals surface area (Å²) in [5, 5.41) is 3.07. The molecule has 27 heavy (non-hydrogen) atoms. The third kappa shape index (κ3) is 8.84. The first kappa shape index (κ1) is 23.6. The van der Waals surface area contributed by atoms with E-state index in [4.69, 9.17) is 10.5 Å². The fourth-order valence-electron chi connectivity index (χ4n) is 2.17. The maximum absolute atomic E-state index is 10.2. The SMILES string of the molecule is CNc1ccc(OCc2ccccc2)cc1.[K+].[NH-]Cc1ccc(C=O)cc1. The van der Waals surface area contributed by atoms with Crippen LogP contribution >= 0.6 is 0 Å². The first-order chi connectivity index (χ1) is 12.7. The van der Waals surface area contributed by atoms with Gasteiger partial charge in [0.05, 0.1) is 0 Å².